The van der Waals surface area contributed by atoms with Crippen LogP contribution in [0, 0.1) is 12.7 Å². The van der Waals surface area contributed by atoms with Crippen LogP contribution in [-0.4, -0.2) is 22.1 Å². The van der Waals surface area contributed by atoms with Gasteiger partial charge < -0.3 is 15.5 Å². The van der Waals surface area contributed by atoms with Gasteiger partial charge in [-0.1, -0.05) is 6.07 Å². The van der Waals surface area contributed by atoms with E-state index in [0.29, 0.717) is 5.56 Å². The molecule has 0 aliphatic heterocycles. The number of carbonyl (C=O) groups is 2. The summed E-state index contributed by atoms with van der Waals surface area (Å²) < 4.78 is 13.7. The van der Waals surface area contributed by atoms with E-state index in [9.17, 15) is 19.1 Å². The van der Waals surface area contributed by atoms with Gasteiger partial charge in [-0.25, -0.2) is 9.18 Å². The van der Waals surface area contributed by atoms with Gasteiger partial charge in [0, 0.05) is 11.8 Å². The molecule has 2 aromatic rings. The zero-order chi connectivity index (χ0) is 15.6. The molecule has 0 aliphatic rings. The fraction of sp³-hybridized carbons (Fsp3) is 0.0667. The van der Waals surface area contributed by atoms with Crippen LogP contribution in [0.3, 0.4) is 0 Å². The second-order valence-corrected chi connectivity index (χ2v) is 4.47. The van der Waals surface area contributed by atoms with E-state index in [2.05, 4.69) is 5.32 Å². The van der Waals surface area contributed by atoms with Crippen molar-refractivity contribution in [1.82, 2.24) is 0 Å². The second kappa shape index (κ2) is 5.62. The maximum Gasteiger partial charge on any atom is 0.339 e. The van der Waals surface area contributed by atoms with Gasteiger partial charge in [0.1, 0.15) is 17.1 Å². The summed E-state index contributed by atoms with van der Waals surface area (Å²) in [5, 5.41) is 20.7. The third kappa shape index (κ3) is 3.17. The zero-order valence-electron chi connectivity index (χ0n) is 11.1. The molecule has 0 saturated carbocycles. The number of aryl methyl sites for hydroxylation is 1. The Labute approximate surface area is 119 Å². The first-order chi connectivity index (χ1) is 9.88. The van der Waals surface area contributed by atoms with Gasteiger partial charge in [-0.05, 0) is 36.8 Å². The fourth-order valence-corrected chi connectivity index (χ4v) is 1.79. The van der Waals surface area contributed by atoms with Crippen LogP contribution in [0.5, 0.6) is 5.75 Å². The maximum absolute atomic E-state index is 13.7. The summed E-state index contributed by atoms with van der Waals surface area (Å²) in [6.45, 7) is 1.70. The molecule has 2 rings (SSSR count). The molecule has 0 saturated heterocycles. The summed E-state index contributed by atoms with van der Waals surface area (Å²) in [4.78, 5) is 22.7. The van der Waals surface area contributed by atoms with Gasteiger partial charge in [-0.2, -0.15) is 0 Å². The van der Waals surface area contributed by atoms with E-state index >= 15 is 0 Å². The molecule has 0 aliphatic carbocycles. The van der Waals surface area contributed by atoms with Crippen LogP contribution in [-0.2, 0) is 0 Å². The van der Waals surface area contributed by atoms with E-state index in [4.69, 9.17) is 5.11 Å². The Morgan fingerprint density at radius 3 is 2.33 bits per heavy atom. The van der Waals surface area contributed by atoms with Crippen LogP contribution >= 0.6 is 0 Å². The van der Waals surface area contributed by atoms with Crippen LogP contribution in [0.4, 0.5) is 10.1 Å². The average Bonchev–Trinajstić information content (AvgIpc) is 2.37. The van der Waals surface area contributed by atoms with Gasteiger partial charge in [0.15, 0.2) is 0 Å². The van der Waals surface area contributed by atoms with Crippen LogP contribution in [0.2, 0.25) is 0 Å². The number of hydrogen-bond acceptors (Lipinski definition) is 3. The van der Waals surface area contributed by atoms with Gasteiger partial charge >= 0.3 is 5.97 Å². The van der Waals surface area contributed by atoms with Crippen molar-refractivity contribution in [3.8, 4) is 5.75 Å². The van der Waals surface area contributed by atoms with Crippen molar-refractivity contribution in [2.45, 2.75) is 6.92 Å². The molecule has 0 unspecified atom stereocenters. The van der Waals surface area contributed by atoms with Crippen LogP contribution in [0.1, 0.15) is 26.3 Å². The molecule has 0 aromatic heterocycles. The predicted octanol–water partition coefficient (Wildman–Crippen LogP) is 2.79. The van der Waals surface area contributed by atoms with Crippen LogP contribution < -0.4 is 5.32 Å². The highest BCUT2D eigenvalue weighted by molar-refractivity contribution is 6.05. The summed E-state index contributed by atoms with van der Waals surface area (Å²) in [6, 6.07) is 7.74. The van der Waals surface area contributed by atoms with E-state index in [0.717, 1.165) is 12.1 Å². The molecule has 0 bridgehead atoms. The Kier molecular flexibility index (Phi) is 3.89. The highest BCUT2D eigenvalue weighted by Crippen LogP contribution is 2.22. The predicted molar refractivity (Wildman–Crippen MR) is 74.2 cm³/mol. The van der Waals surface area contributed by atoms with E-state index < -0.39 is 23.4 Å². The van der Waals surface area contributed by atoms with Crippen molar-refractivity contribution < 1.29 is 24.2 Å². The van der Waals surface area contributed by atoms with Gasteiger partial charge in [0.05, 0.1) is 5.56 Å². The molecule has 0 heterocycles. The minimum Gasteiger partial charge on any atom is -0.507 e. The first-order valence-corrected chi connectivity index (χ1v) is 6.02. The molecule has 0 spiro atoms. The lowest BCUT2D eigenvalue weighted by Gasteiger charge is -2.08. The SMILES string of the molecule is Cc1ccc(C(=O)Nc2ccc(C(=O)O)c(O)c2)c(F)c1. The second-order valence-electron chi connectivity index (χ2n) is 4.47. The minimum atomic E-state index is -1.28. The number of phenols is 1. The van der Waals surface area contributed by atoms with Crippen molar-refractivity contribution in [1.29, 1.82) is 0 Å². The fourth-order valence-electron chi connectivity index (χ4n) is 1.79. The quantitative estimate of drug-likeness (QED) is 0.811. The summed E-state index contributed by atoms with van der Waals surface area (Å²) in [6.07, 6.45) is 0. The number of hydrogen-bond donors (Lipinski definition) is 3. The number of carboxylic acids is 1. The normalized spacial score (nSPS) is 10.2. The number of carbonyl (C=O) groups excluding carboxylic acids is 1. The standard InChI is InChI=1S/C15H12FNO4/c1-8-2-4-10(12(16)6-8)14(19)17-9-3-5-11(15(20)21)13(18)7-9/h2-7,18H,1H3,(H,17,19)(H,20,21). The number of amides is 1. The first-order valence-electron chi connectivity index (χ1n) is 6.02. The Morgan fingerprint density at radius 1 is 1.10 bits per heavy atom. The minimum absolute atomic E-state index is 0.137. The lowest BCUT2D eigenvalue weighted by molar-refractivity contribution is 0.0693. The monoisotopic (exact) mass is 289 g/mol. The molecule has 1 amide bonds. The molecular weight excluding hydrogens is 277 g/mol. The topological polar surface area (TPSA) is 86.6 Å². The summed E-state index contributed by atoms with van der Waals surface area (Å²) >= 11 is 0. The number of carboxylic acid groups (broad SMARTS) is 1. The molecule has 0 radical (unpaired) electrons. The van der Waals surface area contributed by atoms with Crippen molar-refractivity contribution >= 4 is 17.6 Å². The lowest BCUT2D eigenvalue weighted by atomic mass is 10.1. The Morgan fingerprint density at radius 2 is 1.76 bits per heavy atom. The van der Waals surface area contributed by atoms with Crippen molar-refractivity contribution in [2.24, 2.45) is 0 Å². The van der Waals surface area contributed by atoms with Crippen LogP contribution in [0.25, 0.3) is 0 Å². The molecule has 21 heavy (non-hydrogen) atoms. The number of benzene rings is 2. The molecule has 5 nitrogen and oxygen atoms in total. The number of aromatic carboxylic acids is 1. The van der Waals surface area contributed by atoms with Crippen molar-refractivity contribution in [3.05, 3.63) is 58.9 Å². The third-order valence-electron chi connectivity index (χ3n) is 2.86. The summed E-state index contributed by atoms with van der Waals surface area (Å²) in [7, 11) is 0. The largest absolute Gasteiger partial charge is 0.507 e. The Hall–Kier alpha value is -2.89. The smallest absolute Gasteiger partial charge is 0.339 e. The van der Waals surface area contributed by atoms with Gasteiger partial charge in [0.25, 0.3) is 5.91 Å². The molecule has 0 fully saturated rings. The van der Waals surface area contributed by atoms with E-state index in [1.54, 1.807) is 13.0 Å². The van der Waals surface area contributed by atoms with Gasteiger partial charge in [-0.3, -0.25) is 4.79 Å². The van der Waals surface area contributed by atoms with Crippen molar-refractivity contribution in [3.63, 3.8) is 0 Å². The van der Waals surface area contributed by atoms with Gasteiger partial charge in [-0.15, -0.1) is 0 Å². The van der Waals surface area contributed by atoms with E-state index in [1.165, 1.54) is 18.2 Å². The van der Waals surface area contributed by atoms with Crippen molar-refractivity contribution in [2.75, 3.05) is 5.32 Å². The average molecular weight is 289 g/mol. The first kappa shape index (κ1) is 14.5. The Balaban J connectivity index is 2.23. The van der Waals surface area contributed by atoms with Gasteiger partial charge in [0.2, 0.25) is 0 Å². The number of nitrogens with one attached hydrogen (secondary N) is 1. The molecule has 0 atom stereocenters. The number of halogens is 1. The molecule has 2 aromatic carbocycles. The highest BCUT2D eigenvalue weighted by atomic mass is 19.1. The number of rotatable bonds is 3. The zero-order valence-corrected chi connectivity index (χ0v) is 11.1. The highest BCUT2D eigenvalue weighted by Gasteiger charge is 2.14. The molecular formula is C15H12FNO4. The van der Waals surface area contributed by atoms with E-state index in [1.807, 2.05) is 0 Å². The van der Waals surface area contributed by atoms with E-state index in [-0.39, 0.29) is 16.8 Å². The summed E-state index contributed by atoms with van der Waals surface area (Å²) in [5.74, 6) is -3.10. The molecule has 6 heteroatoms. The maximum atomic E-state index is 13.7. The Bertz CT molecular complexity index is 728. The number of anilines is 1. The third-order valence-corrected chi connectivity index (χ3v) is 2.86. The van der Waals surface area contributed by atoms with Crippen LogP contribution in [0.15, 0.2) is 36.4 Å². The molecule has 108 valence electrons. The molecule has 3 N–H and O–H groups in total. The summed E-state index contributed by atoms with van der Waals surface area (Å²) in [5.41, 5.74) is 0.437. The number of aromatic hydroxyl groups is 1. The lowest BCUT2D eigenvalue weighted by Crippen LogP contribution is -2.14.